The molecule has 0 saturated carbocycles. The van der Waals surface area contributed by atoms with Crippen LogP contribution >= 0.6 is 12.2 Å². The lowest BCUT2D eigenvalue weighted by molar-refractivity contribution is -0.141. The van der Waals surface area contributed by atoms with Gasteiger partial charge in [-0.15, -0.1) is 0 Å². The van der Waals surface area contributed by atoms with E-state index in [2.05, 4.69) is 25.5 Å². The SMILES string of the molecule is FC(F)(F)c1cc(N2CCOCC2)nc(NC(=S)NCCN2CCOCC2)n1. The predicted molar refractivity (Wildman–Crippen MR) is 102 cm³/mol. The van der Waals surface area contributed by atoms with Gasteiger partial charge in [0.1, 0.15) is 5.82 Å². The van der Waals surface area contributed by atoms with Gasteiger partial charge in [-0.05, 0) is 12.2 Å². The summed E-state index contributed by atoms with van der Waals surface area (Å²) in [6.45, 7) is 6.23. The molecule has 2 aliphatic heterocycles. The number of aromatic nitrogens is 2. The smallest absolute Gasteiger partial charge is 0.379 e. The van der Waals surface area contributed by atoms with Gasteiger partial charge in [0, 0.05) is 45.3 Å². The zero-order valence-electron chi connectivity index (χ0n) is 15.3. The molecule has 0 unspecified atom stereocenters. The second kappa shape index (κ2) is 9.63. The van der Waals surface area contributed by atoms with Crippen molar-refractivity contribution in [3.05, 3.63) is 11.8 Å². The Morgan fingerprint density at radius 1 is 1.07 bits per heavy atom. The van der Waals surface area contributed by atoms with Crippen LogP contribution in [0.15, 0.2) is 6.07 Å². The Bertz CT molecular complexity index is 666. The lowest BCUT2D eigenvalue weighted by atomic mass is 10.3. The molecular formula is C16H23F3N6O2S. The number of nitrogens with one attached hydrogen (secondary N) is 2. The van der Waals surface area contributed by atoms with Gasteiger partial charge in [0.15, 0.2) is 10.8 Å². The Balaban J connectivity index is 1.61. The monoisotopic (exact) mass is 420 g/mol. The van der Waals surface area contributed by atoms with Gasteiger partial charge in [-0.2, -0.15) is 18.2 Å². The third-order valence-corrected chi connectivity index (χ3v) is 4.63. The van der Waals surface area contributed by atoms with Crippen molar-refractivity contribution in [3.8, 4) is 0 Å². The third-order valence-electron chi connectivity index (χ3n) is 4.38. The maximum atomic E-state index is 13.2. The zero-order valence-corrected chi connectivity index (χ0v) is 16.1. The highest BCUT2D eigenvalue weighted by molar-refractivity contribution is 7.80. The molecule has 0 amide bonds. The van der Waals surface area contributed by atoms with Crippen molar-refractivity contribution in [2.45, 2.75) is 6.18 Å². The third kappa shape index (κ3) is 6.12. The number of morpholine rings is 2. The molecule has 2 aliphatic rings. The molecule has 2 N–H and O–H groups in total. The first kappa shape index (κ1) is 21.0. The molecular weight excluding hydrogens is 397 g/mol. The molecule has 3 heterocycles. The lowest BCUT2D eigenvalue weighted by Gasteiger charge is -2.28. The molecule has 1 aromatic heterocycles. The molecule has 2 saturated heterocycles. The quantitative estimate of drug-likeness (QED) is 0.678. The van der Waals surface area contributed by atoms with Crippen molar-refractivity contribution in [1.29, 1.82) is 0 Å². The van der Waals surface area contributed by atoms with Crippen LogP contribution in [0.25, 0.3) is 0 Å². The predicted octanol–water partition coefficient (Wildman–Crippen LogP) is 0.951. The Labute approximate surface area is 166 Å². The molecule has 0 spiro atoms. The van der Waals surface area contributed by atoms with Crippen LogP contribution in [-0.4, -0.2) is 85.7 Å². The zero-order chi connectivity index (χ0) is 20.0. The molecule has 0 bridgehead atoms. The van der Waals surface area contributed by atoms with E-state index in [4.69, 9.17) is 21.7 Å². The summed E-state index contributed by atoms with van der Waals surface area (Å²) in [6, 6.07) is 0.950. The van der Waals surface area contributed by atoms with Crippen LogP contribution in [0.2, 0.25) is 0 Å². The van der Waals surface area contributed by atoms with Crippen molar-refractivity contribution < 1.29 is 22.6 Å². The highest BCUT2D eigenvalue weighted by atomic mass is 32.1. The molecule has 3 rings (SSSR count). The van der Waals surface area contributed by atoms with Crippen LogP contribution in [0.1, 0.15) is 5.69 Å². The molecule has 28 heavy (non-hydrogen) atoms. The number of rotatable bonds is 5. The summed E-state index contributed by atoms with van der Waals surface area (Å²) >= 11 is 5.18. The first-order valence-corrected chi connectivity index (χ1v) is 9.46. The summed E-state index contributed by atoms with van der Waals surface area (Å²) in [4.78, 5) is 11.7. The molecule has 0 atom stereocenters. The van der Waals surface area contributed by atoms with Gasteiger partial charge in [-0.1, -0.05) is 0 Å². The highest BCUT2D eigenvalue weighted by Crippen LogP contribution is 2.30. The minimum atomic E-state index is -4.58. The van der Waals surface area contributed by atoms with Gasteiger partial charge in [0.05, 0.1) is 26.4 Å². The number of halogens is 3. The van der Waals surface area contributed by atoms with Crippen molar-refractivity contribution in [1.82, 2.24) is 20.2 Å². The molecule has 8 nitrogen and oxygen atoms in total. The molecule has 156 valence electrons. The van der Waals surface area contributed by atoms with Crippen LogP contribution in [0, 0.1) is 0 Å². The first-order chi connectivity index (χ1) is 13.4. The van der Waals surface area contributed by atoms with E-state index in [1.54, 1.807) is 4.90 Å². The Morgan fingerprint density at radius 3 is 2.36 bits per heavy atom. The highest BCUT2D eigenvalue weighted by Gasteiger charge is 2.34. The number of hydrogen-bond acceptors (Lipinski definition) is 7. The molecule has 1 aromatic rings. The number of alkyl halides is 3. The van der Waals surface area contributed by atoms with Gasteiger partial charge < -0.3 is 25.0 Å². The maximum Gasteiger partial charge on any atom is 0.433 e. The van der Waals surface area contributed by atoms with Crippen molar-refractivity contribution >= 4 is 29.1 Å². The number of nitrogens with zero attached hydrogens (tertiary/aromatic N) is 4. The fraction of sp³-hybridized carbons (Fsp3) is 0.688. The summed E-state index contributed by atoms with van der Waals surface area (Å²) in [5.74, 6) is 0.0180. The van der Waals surface area contributed by atoms with Gasteiger partial charge in [-0.25, -0.2) is 4.98 Å². The van der Waals surface area contributed by atoms with Gasteiger partial charge in [-0.3, -0.25) is 4.90 Å². The van der Waals surface area contributed by atoms with Gasteiger partial charge >= 0.3 is 6.18 Å². The van der Waals surface area contributed by atoms with Gasteiger partial charge in [0.25, 0.3) is 0 Å². The van der Waals surface area contributed by atoms with Crippen molar-refractivity contribution in [2.24, 2.45) is 0 Å². The van der Waals surface area contributed by atoms with Crippen LogP contribution in [0.3, 0.4) is 0 Å². The minimum absolute atomic E-state index is 0.180. The van der Waals surface area contributed by atoms with Crippen LogP contribution < -0.4 is 15.5 Å². The Morgan fingerprint density at radius 2 is 1.71 bits per heavy atom. The maximum absolute atomic E-state index is 13.2. The average Bonchev–Trinajstić information content (AvgIpc) is 2.68. The topological polar surface area (TPSA) is 74.8 Å². The standard InChI is InChI=1S/C16H23F3N6O2S/c17-16(18,19)12-11-13(25-5-9-27-10-6-25)22-14(21-12)23-15(28)20-1-2-24-3-7-26-8-4-24/h11H,1-10H2,(H2,20,21,22,23,28). The summed E-state index contributed by atoms with van der Waals surface area (Å²) in [5, 5.41) is 5.83. The molecule has 0 aromatic carbocycles. The van der Waals surface area contributed by atoms with Crippen LogP contribution in [-0.2, 0) is 15.7 Å². The van der Waals surface area contributed by atoms with E-state index in [-0.39, 0.29) is 16.9 Å². The summed E-state index contributed by atoms with van der Waals surface area (Å²) in [5.41, 5.74) is -1.01. The number of thiocarbonyl (C=S) groups is 1. The average molecular weight is 420 g/mol. The van der Waals surface area contributed by atoms with E-state index in [9.17, 15) is 13.2 Å². The summed E-state index contributed by atoms with van der Waals surface area (Å²) < 4.78 is 50.2. The molecule has 2 fully saturated rings. The van der Waals surface area contributed by atoms with E-state index in [1.807, 2.05) is 0 Å². The van der Waals surface area contributed by atoms with E-state index in [1.165, 1.54) is 0 Å². The molecule has 0 aliphatic carbocycles. The van der Waals surface area contributed by atoms with Crippen LogP contribution in [0.5, 0.6) is 0 Å². The number of hydrogen-bond donors (Lipinski definition) is 2. The fourth-order valence-corrected chi connectivity index (χ4v) is 3.08. The van der Waals surface area contributed by atoms with E-state index < -0.39 is 11.9 Å². The van der Waals surface area contributed by atoms with E-state index in [0.717, 1.165) is 25.7 Å². The van der Waals surface area contributed by atoms with E-state index >= 15 is 0 Å². The summed E-state index contributed by atoms with van der Waals surface area (Å²) in [7, 11) is 0. The van der Waals surface area contributed by atoms with Crippen molar-refractivity contribution in [3.63, 3.8) is 0 Å². The second-order valence-electron chi connectivity index (χ2n) is 6.37. The Kier molecular flexibility index (Phi) is 7.21. The number of anilines is 2. The lowest BCUT2D eigenvalue weighted by Crippen LogP contribution is -2.42. The van der Waals surface area contributed by atoms with Crippen LogP contribution in [0.4, 0.5) is 24.9 Å². The van der Waals surface area contributed by atoms with E-state index in [0.29, 0.717) is 46.1 Å². The largest absolute Gasteiger partial charge is 0.433 e. The summed E-state index contributed by atoms with van der Waals surface area (Å²) in [6.07, 6.45) is -4.58. The minimum Gasteiger partial charge on any atom is -0.379 e. The first-order valence-electron chi connectivity index (χ1n) is 9.06. The fourth-order valence-electron chi connectivity index (χ4n) is 2.89. The normalized spacial score (nSPS) is 18.8. The van der Waals surface area contributed by atoms with Crippen molar-refractivity contribution in [2.75, 3.05) is 75.9 Å². The van der Waals surface area contributed by atoms with Gasteiger partial charge in [0.2, 0.25) is 5.95 Å². The molecule has 12 heteroatoms. The Hall–Kier alpha value is -1.76. The number of ether oxygens (including phenoxy) is 2. The second-order valence-corrected chi connectivity index (χ2v) is 6.78. The molecule has 0 radical (unpaired) electrons.